The number of hydrogen-bond acceptors (Lipinski definition) is 2. The Bertz CT molecular complexity index is 288. The minimum absolute atomic E-state index is 0.166. The smallest absolute Gasteiger partial charge is 0.125 e. The Labute approximate surface area is 96.2 Å². The molecule has 0 aliphatic rings. The molecule has 0 saturated heterocycles. The molecule has 0 aliphatic heterocycles. The van der Waals surface area contributed by atoms with E-state index in [2.05, 4.69) is 0 Å². The number of benzene rings is 1. The second-order valence-corrected chi connectivity index (χ2v) is 4.21. The Kier molecular flexibility index (Phi) is 4.76. The minimum atomic E-state index is 0.166. The van der Waals surface area contributed by atoms with Gasteiger partial charge in [-0.3, -0.25) is 0 Å². The topological polar surface area (TPSA) is 18.5 Å². The van der Waals surface area contributed by atoms with Crippen molar-refractivity contribution in [2.24, 2.45) is 0 Å². The van der Waals surface area contributed by atoms with E-state index in [-0.39, 0.29) is 5.38 Å². The van der Waals surface area contributed by atoms with E-state index in [0.29, 0.717) is 0 Å². The van der Waals surface area contributed by atoms with Gasteiger partial charge in [0.05, 0.1) is 14.2 Å². The molecule has 3 heteroatoms. The van der Waals surface area contributed by atoms with Crippen molar-refractivity contribution in [2.45, 2.75) is 25.1 Å². The molecule has 1 aromatic carbocycles. The summed E-state index contributed by atoms with van der Waals surface area (Å²) in [6.45, 7) is 1.99. The van der Waals surface area contributed by atoms with E-state index in [9.17, 15) is 0 Å². The molecule has 1 atom stereocenters. The van der Waals surface area contributed by atoms with Crippen molar-refractivity contribution in [2.75, 3.05) is 14.2 Å². The van der Waals surface area contributed by atoms with Crippen LogP contribution in [-0.4, -0.2) is 19.6 Å². The van der Waals surface area contributed by atoms with Crippen LogP contribution in [0.25, 0.3) is 0 Å². The van der Waals surface area contributed by atoms with E-state index in [1.54, 1.807) is 14.2 Å². The van der Waals surface area contributed by atoms with Gasteiger partial charge in [-0.25, -0.2) is 0 Å². The van der Waals surface area contributed by atoms with Crippen LogP contribution < -0.4 is 9.47 Å². The summed E-state index contributed by atoms with van der Waals surface area (Å²) >= 11 is 5.94. The van der Waals surface area contributed by atoms with Gasteiger partial charge >= 0.3 is 0 Å². The molecule has 0 fully saturated rings. The molecule has 1 rings (SSSR count). The van der Waals surface area contributed by atoms with Crippen LogP contribution in [0.4, 0.5) is 0 Å². The van der Waals surface area contributed by atoms with Gasteiger partial charge in [-0.15, -0.1) is 11.6 Å². The van der Waals surface area contributed by atoms with Gasteiger partial charge in [0.15, 0.2) is 0 Å². The van der Waals surface area contributed by atoms with Crippen LogP contribution >= 0.6 is 11.6 Å². The molecule has 0 spiro atoms. The molecule has 0 amide bonds. The van der Waals surface area contributed by atoms with Crippen molar-refractivity contribution >= 4 is 11.6 Å². The second-order valence-electron chi connectivity index (χ2n) is 3.46. The third-order valence-corrected chi connectivity index (χ3v) is 2.54. The average Bonchev–Trinajstić information content (AvgIpc) is 2.25. The molecule has 0 aliphatic carbocycles. The van der Waals surface area contributed by atoms with Crippen LogP contribution in [0.5, 0.6) is 11.5 Å². The number of ether oxygens (including phenoxy) is 2. The largest absolute Gasteiger partial charge is 0.496 e. The fraction of sp³-hybridized carbons (Fsp3) is 0.500. The molecular weight excluding hydrogens is 212 g/mol. The monoisotopic (exact) mass is 228 g/mol. The summed E-state index contributed by atoms with van der Waals surface area (Å²) in [4.78, 5) is 0. The first-order valence-electron chi connectivity index (χ1n) is 5.03. The number of halogens is 1. The summed E-state index contributed by atoms with van der Waals surface area (Å²) in [7, 11) is 3.34. The van der Waals surface area contributed by atoms with Gasteiger partial charge in [-0.1, -0.05) is 6.07 Å². The standard InChI is InChI=1S/C12H17ClO2/c1-9(13)7-8-10-11(14-2)5-4-6-12(10)15-3/h4-6,9H,7-8H2,1-3H3. The van der Waals surface area contributed by atoms with Gasteiger partial charge in [-0.05, 0) is 31.9 Å². The van der Waals surface area contributed by atoms with E-state index < -0.39 is 0 Å². The third-order valence-electron chi connectivity index (χ3n) is 2.32. The number of hydrogen-bond donors (Lipinski definition) is 0. The van der Waals surface area contributed by atoms with E-state index in [1.165, 1.54) is 0 Å². The third kappa shape index (κ3) is 3.31. The molecule has 0 saturated carbocycles. The lowest BCUT2D eigenvalue weighted by Crippen LogP contribution is -2.00. The van der Waals surface area contributed by atoms with Gasteiger partial charge in [0.25, 0.3) is 0 Å². The predicted molar refractivity (Wildman–Crippen MR) is 63.2 cm³/mol. The summed E-state index contributed by atoms with van der Waals surface area (Å²) in [5.74, 6) is 1.73. The van der Waals surface area contributed by atoms with Crippen LogP contribution in [0.15, 0.2) is 18.2 Å². The molecule has 1 unspecified atom stereocenters. The van der Waals surface area contributed by atoms with Crippen molar-refractivity contribution in [1.29, 1.82) is 0 Å². The molecule has 0 radical (unpaired) electrons. The second kappa shape index (κ2) is 5.86. The first-order valence-corrected chi connectivity index (χ1v) is 5.46. The molecule has 2 nitrogen and oxygen atoms in total. The maximum absolute atomic E-state index is 5.94. The van der Waals surface area contributed by atoms with E-state index >= 15 is 0 Å². The highest BCUT2D eigenvalue weighted by Crippen LogP contribution is 2.29. The van der Waals surface area contributed by atoms with Gasteiger partial charge in [-0.2, -0.15) is 0 Å². The predicted octanol–water partition coefficient (Wildman–Crippen LogP) is 3.26. The highest BCUT2D eigenvalue weighted by molar-refractivity contribution is 6.20. The van der Waals surface area contributed by atoms with Crippen molar-refractivity contribution < 1.29 is 9.47 Å². The number of methoxy groups -OCH3 is 2. The van der Waals surface area contributed by atoms with E-state index in [1.807, 2.05) is 25.1 Å². The molecule has 0 N–H and O–H groups in total. The summed E-state index contributed by atoms with van der Waals surface area (Å²) < 4.78 is 10.6. The fourth-order valence-corrected chi connectivity index (χ4v) is 1.63. The molecule has 84 valence electrons. The zero-order chi connectivity index (χ0) is 11.3. The van der Waals surface area contributed by atoms with Gasteiger partial charge < -0.3 is 9.47 Å². The zero-order valence-corrected chi connectivity index (χ0v) is 10.2. The van der Waals surface area contributed by atoms with Gasteiger partial charge in [0, 0.05) is 10.9 Å². The number of alkyl halides is 1. The van der Waals surface area contributed by atoms with Crippen LogP contribution in [-0.2, 0) is 6.42 Å². The van der Waals surface area contributed by atoms with E-state index in [4.69, 9.17) is 21.1 Å². The van der Waals surface area contributed by atoms with E-state index in [0.717, 1.165) is 29.9 Å². The summed E-state index contributed by atoms with van der Waals surface area (Å²) in [5.41, 5.74) is 1.09. The summed E-state index contributed by atoms with van der Waals surface area (Å²) in [6, 6.07) is 5.80. The average molecular weight is 229 g/mol. The molecule has 0 heterocycles. The SMILES string of the molecule is COc1cccc(OC)c1CCC(C)Cl. The van der Waals surface area contributed by atoms with Crippen LogP contribution in [0.1, 0.15) is 18.9 Å². The van der Waals surface area contributed by atoms with Crippen molar-refractivity contribution in [1.82, 2.24) is 0 Å². The Morgan fingerprint density at radius 2 is 1.73 bits per heavy atom. The van der Waals surface area contributed by atoms with Gasteiger partial charge in [0.1, 0.15) is 11.5 Å². The Hall–Kier alpha value is -0.890. The molecule has 0 aromatic heterocycles. The van der Waals surface area contributed by atoms with Gasteiger partial charge in [0.2, 0.25) is 0 Å². The number of rotatable bonds is 5. The fourth-order valence-electron chi connectivity index (χ4n) is 1.52. The van der Waals surface area contributed by atoms with Crippen molar-refractivity contribution in [3.05, 3.63) is 23.8 Å². The van der Waals surface area contributed by atoms with Crippen molar-refractivity contribution in [3.8, 4) is 11.5 Å². The Balaban J connectivity index is 2.89. The lowest BCUT2D eigenvalue weighted by molar-refractivity contribution is 0.384. The Morgan fingerprint density at radius 3 is 2.13 bits per heavy atom. The summed E-state index contributed by atoms with van der Waals surface area (Å²) in [5, 5.41) is 0.166. The lowest BCUT2D eigenvalue weighted by Gasteiger charge is -2.13. The van der Waals surface area contributed by atoms with Crippen LogP contribution in [0.3, 0.4) is 0 Å². The quantitative estimate of drug-likeness (QED) is 0.721. The normalized spacial score (nSPS) is 12.3. The minimum Gasteiger partial charge on any atom is -0.496 e. The lowest BCUT2D eigenvalue weighted by atomic mass is 10.1. The molecule has 15 heavy (non-hydrogen) atoms. The highest BCUT2D eigenvalue weighted by Gasteiger charge is 2.10. The molecular formula is C12H17ClO2. The van der Waals surface area contributed by atoms with Crippen LogP contribution in [0.2, 0.25) is 0 Å². The Morgan fingerprint density at radius 1 is 1.20 bits per heavy atom. The molecule has 0 bridgehead atoms. The highest BCUT2D eigenvalue weighted by atomic mass is 35.5. The van der Waals surface area contributed by atoms with Crippen LogP contribution in [0, 0.1) is 0 Å². The maximum Gasteiger partial charge on any atom is 0.125 e. The first-order chi connectivity index (χ1) is 7.19. The first kappa shape index (κ1) is 12.2. The maximum atomic E-state index is 5.94. The summed E-state index contributed by atoms with van der Waals surface area (Å²) in [6.07, 6.45) is 1.79. The molecule has 1 aromatic rings. The zero-order valence-electron chi connectivity index (χ0n) is 9.42. The van der Waals surface area contributed by atoms with Crippen molar-refractivity contribution in [3.63, 3.8) is 0 Å².